The van der Waals surface area contributed by atoms with Crippen molar-refractivity contribution < 1.29 is 14.3 Å². The van der Waals surface area contributed by atoms with E-state index in [1.165, 1.54) is 131 Å². The van der Waals surface area contributed by atoms with Crippen LogP contribution < -0.4 is 4.74 Å². The van der Waals surface area contributed by atoms with Crippen LogP contribution in [0.25, 0.3) is 10.8 Å². The van der Waals surface area contributed by atoms with Crippen molar-refractivity contribution in [1.29, 1.82) is 0 Å². The van der Waals surface area contributed by atoms with E-state index < -0.39 is 0 Å². The number of rotatable bonds is 27. The minimum absolute atomic E-state index is 0.0339. The molecule has 3 nitrogen and oxygen atoms in total. The summed E-state index contributed by atoms with van der Waals surface area (Å²) in [5, 5.41) is 2.48. The molecular formula is C44H66O3. The highest BCUT2D eigenvalue weighted by Gasteiger charge is 2.12. The fourth-order valence-corrected chi connectivity index (χ4v) is 6.45. The van der Waals surface area contributed by atoms with Gasteiger partial charge in [-0.1, -0.05) is 159 Å². The van der Waals surface area contributed by atoms with Crippen molar-refractivity contribution in [1.82, 2.24) is 0 Å². The monoisotopic (exact) mass is 643 g/mol. The van der Waals surface area contributed by atoms with Crippen molar-refractivity contribution in [2.45, 2.75) is 168 Å². The Labute approximate surface area is 288 Å². The molecule has 0 unspecified atom stereocenters. The molecule has 0 aliphatic rings. The van der Waals surface area contributed by atoms with Crippen LogP contribution in [0.4, 0.5) is 0 Å². The Hall–Kier alpha value is -2.81. The number of hydrogen-bond donors (Lipinski definition) is 0. The third kappa shape index (κ3) is 16.7. The van der Waals surface area contributed by atoms with Crippen LogP contribution in [0.3, 0.4) is 0 Å². The van der Waals surface area contributed by atoms with Crippen LogP contribution in [0.15, 0.2) is 60.7 Å². The van der Waals surface area contributed by atoms with Crippen molar-refractivity contribution >= 4 is 16.7 Å². The molecule has 0 aliphatic carbocycles. The van der Waals surface area contributed by atoms with Gasteiger partial charge in [0.05, 0.1) is 18.3 Å². The van der Waals surface area contributed by atoms with Crippen molar-refractivity contribution in [3.63, 3.8) is 0 Å². The highest BCUT2D eigenvalue weighted by Crippen LogP contribution is 2.24. The van der Waals surface area contributed by atoms with Crippen molar-refractivity contribution in [3.05, 3.63) is 77.4 Å². The quantitative estimate of drug-likeness (QED) is 0.0613. The lowest BCUT2D eigenvalue weighted by atomic mass is 10.0. The summed E-state index contributed by atoms with van der Waals surface area (Å²) in [6.07, 6.45) is 28.3. The van der Waals surface area contributed by atoms with Crippen molar-refractivity contribution in [2.24, 2.45) is 0 Å². The maximum atomic E-state index is 12.5. The van der Waals surface area contributed by atoms with Gasteiger partial charge < -0.3 is 9.47 Å². The second-order valence-electron chi connectivity index (χ2n) is 13.9. The number of carbonyl (C=O) groups is 1. The Kier molecular flexibility index (Phi) is 20.0. The van der Waals surface area contributed by atoms with Gasteiger partial charge >= 0.3 is 5.97 Å². The van der Waals surface area contributed by atoms with Gasteiger partial charge in [-0.15, -0.1) is 0 Å². The van der Waals surface area contributed by atoms with E-state index in [0.717, 1.165) is 44.5 Å². The summed E-state index contributed by atoms with van der Waals surface area (Å²) in [5.74, 6) is 0.757. The van der Waals surface area contributed by atoms with E-state index in [2.05, 4.69) is 62.4 Å². The molecule has 3 aromatic carbocycles. The fourth-order valence-electron chi connectivity index (χ4n) is 6.45. The SMILES string of the molecule is CCCCCCCCCCCCCCCCCOc1ccc2cc(CCc3ccc(C(=O)O[C@H](C)CCCCCC)cc3)ccc2c1. The number of ether oxygens (including phenoxy) is 2. The topological polar surface area (TPSA) is 35.5 Å². The Morgan fingerprint density at radius 1 is 0.553 bits per heavy atom. The van der Waals surface area contributed by atoms with E-state index in [-0.39, 0.29) is 12.1 Å². The zero-order chi connectivity index (χ0) is 33.4. The van der Waals surface area contributed by atoms with Gasteiger partial charge in [-0.05, 0) is 85.2 Å². The molecule has 0 aliphatic heterocycles. The molecule has 0 saturated heterocycles. The van der Waals surface area contributed by atoms with E-state index in [1.54, 1.807) is 0 Å². The number of esters is 1. The second kappa shape index (κ2) is 24.3. The molecule has 0 saturated carbocycles. The normalized spacial score (nSPS) is 12.0. The molecule has 3 rings (SSSR count). The summed E-state index contributed by atoms with van der Waals surface area (Å²) in [7, 11) is 0. The van der Waals surface area contributed by atoms with Crippen LogP contribution >= 0.6 is 0 Å². The molecule has 47 heavy (non-hydrogen) atoms. The first-order valence-corrected chi connectivity index (χ1v) is 19.5. The first-order valence-electron chi connectivity index (χ1n) is 19.5. The molecule has 3 heteroatoms. The van der Waals surface area contributed by atoms with E-state index in [1.807, 2.05) is 19.1 Å². The molecule has 0 heterocycles. The van der Waals surface area contributed by atoms with Crippen LogP contribution in [0, 0.1) is 0 Å². The van der Waals surface area contributed by atoms with Gasteiger partial charge in [-0.2, -0.15) is 0 Å². The van der Waals surface area contributed by atoms with Gasteiger partial charge in [-0.3, -0.25) is 0 Å². The number of unbranched alkanes of at least 4 members (excludes halogenated alkanes) is 17. The Bertz CT molecular complexity index is 1230. The molecular weight excluding hydrogens is 576 g/mol. The van der Waals surface area contributed by atoms with E-state index in [4.69, 9.17) is 9.47 Å². The van der Waals surface area contributed by atoms with Crippen LogP contribution in [-0.2, 0) is 17.6 Å². The van der Waals surface area contributed by atoms with Crippen molar-refractivity contribution in [2.75, 3.05) is 6.61 Å². The molecule has 0 bridgehead atoms. The summed E-state index contributed by atoms with van der Waals surface area (Å²) in [6.45, 7) is 7.30. The van der Waals surface area contributed by atoms with Gasteiger partial charge in [0.1, 0.15) is 5.75 Å². The van der Waals surface area contributed by atoms with Crippen LogP contribution in [0.1, 0.15) is 171 Å². The molecule has 0 spiro atoms. The zero-order valence-electron chi connectivity index (χ0n) is 30.3. The number of carbonyl (C=O) groups excluding carboxylic acids is 1. The maximum absolute atomic E-state index is 12.5. The lowest BCUT2D eigenvalue weighted by Gasteiger charge is -2.13. The summed E-state index contributed by atoms with van der Waals surface area (Å²) >= 11 is 0. The number of hydrogen-bond acceptors (Lipinski definition) is 3. The average molecular weight is 643 g/mol. The van der Waals surface area contributed by atoms with Gasteiger partial charge in [0.15, 0.2) is 0 Å². The zero-order valence-corrected chi connectivity index (χ0v) is 30.3. The number of benzene rings is 3. The Balaban J connectivity index is 1.26. The summed E-state index contributed by atoms with van der Waals surface area (Å²) in [5.41, 5.74) is 3.19. The largest absolute Gasteiger partial charge is 0.494 e. The smallest absolute Gasteiger partial charge is 0.338 e. The van der Waals surface area contributed by atoms with Crippen LogP contribution in [0.5, 0.6) is 5.75 Å². The number of fused-ring (bicyclic) bond motifs is 1. The summed E-state index contributed by atoms with van der Waals surface area (Å²) in [6, 6.07) is 21.1. The van der Waals surface area contributed by atoms with Gasteiger partial charge in [-0.25, -0.2) is 4.79 Å². The van der Waals surface area contributed by atoms with Crippen LogP contribution in [0.2, 0.25) is 0 Å². The molecule has 0 N–H and O–H groups in total. The Morgan fingerprint density at radius 2 is 1.04 bits per heavy atom. The predicted octanol–water partition coefficient (Wildman–Crippen LogP) is 13.4. The standard InChI is InChI=1S/C44H66O3/c1-4-6-8-10-11-12-13-14-15-16-17-18-19-20-22-34-46-43-33-32-41-35-39(28-31-42(41)36-43)25-24-38-26-29-40(30-27-38)44(45)47-37(3)23-21-9-7-5-2/h26-33,35-37H,4-25,34H2,1-3H3/t37-/m1/s1. The lowest BCUT2D eigenvalue weighted by Crippen LogP contribution is -2.15. The predicted molar refractivity (Wildman–Crippen MR) is 202 cm³/mol. The van der Waals surface area contributed by atoms with E-state index in [0.29, 0.717) is 5.56 Å². The van der Waals surface area contributed by atoms with E-state index in [9.17, 15) is 4.79 Å². The van der Waals surface area contributed by atoms with E-state index >= 15 is 0 Å². The van der Waals surface area contributed by atoms with Crippen LogP contribution in [-0.4, -0.2) is 18.7 Å². The third-order valence-corrected chi connectivity index (χ3v) is 9.56. The molecule has 0 radical (unpaired) electrons. The molecule has 3 aromatic rings. The molecule has 0 amide bonds. The summed E-state index contributed by atoms with van der Waals surface area (Å²) < 4.78 is 11.8. The first kappa shape index (κ1) is 38.6. The first-order chi connectivity index (χ1) is 23.1. The molecule has 0 aromatic heterocycles. The molecule has 0 fully saturated rings. The number of aryl methyl sites for hydroxylation is 2. The lowest BCUT2D eigenvalue weighted by molar-refractivity contribution is 0.0319. The van der Waals surface area contributed by atoms with Gasteiger partial charge in [0.2, 0.25) is 0 Å². The average Bonchev–Trinajstić information content (AvgIpc) is 3.09. The minimum atomic E-state index is -0.216. The fraction of sp³-hybridized carbons (Fsp3) is 0.614. The highest BCUT2D eigenvalue weighted by atomic mass is 16.5. The Morgan fingerprint density at radius 3 is 1.66 bits per heavy atom. The third-order valence-electron chi connectivity index (χ3n) is 9.56. The molecule has 1 atom stereocenters. The maximum Gasteiger partial charge on any atom is 0.338 e. The van der Waals surface area contributed by atoms with Gasteiger partial charge in [0.25, 0.3) is 0 Å². The second-order valence-corrected chi connectivity index (χ2v) is 13.9. The minimum Gasteiger partial charge on any atom is -0.494 e. The van der Waals surface area contributed by atoms with Gasteiger partial charge in [0, 0.05) is 0 Å². The molecule has 260 valence electrons. The summed E-state index contributed by atoms with van der Waals surface area (Å²) in [4.78, 5) is 12.5. The highest BCUT2D eigenvalue weighted by molar-refractivity contribution is 5.89. The van der Waals surface area contributed by atoms with Crippen molar-refractivity contribution in [3.8, 4) is 5.75 Å².